The number of nitrogens with zero attached hydrogens (tertiary/aromatic N) is 8. The second-order valence-corrected chi connectivity index (χ2v) is 8.16. The van der Waals surface area contributed by atoms with Crippen LogP contribution in [0.3, 0.4) is 0 Å². The third-order valence-corrected chi connectivity index (χ3v) is 5.92. The Kier molecular flexibility index (Phi) is 6.09. The fraction of sp³-hybridized carbons (Fsp3) is 0.304. The van der Waals surface area contributed by atoms with Crippen molar-refractivity contribution < 1.29 is 14.3 Å². The molecule has 34 heavy (non-hydrogen) atoms. The third kappa shape index (κ3) is 4.42. The van der Waals surface area contributed by atoms with Crippen molar-refractivity contribution in [3.8, 4) is 17.1 Å². The lowest BCUT2D eigenvalue weighted by Gasteiger charge is -2.36. The zero-order valence-corrected chi connectivity index (χ0v) is 18.3. The normalized spacial score (nSPS) is 16.1. The summed E-state index contributed by atoms with van der Waals surface area (Å²) in [5.41, 5.74) is 2.70. The predicted molar refractivity (Wildman–Crippen MR) is 119 cm³/mol. The van der Waals surface area contributed by atoms with Crippen LogP contribution in [0.25, 0.3) is 17.1 Å². The molecule has 4 aromatic rings. The van der Waals surface area contributed by atoms with Gasteiger partial charge in [-0.1, -0.05) is 11.3 Å². The molecule has 10 nitrogen and oxygen atoms in total. The average molecular weight is 462 g/mol. The third-order valence-electron chi connectivity index (χ3n) is 5.92. The van der Waals surface area contributed by atoms with Gasteiger partial charge < -0.3 is 10.0 Å². The van der Waals surface area contributed by atoms with Crippen molar-refractivity contribution >= 4 is 5.91 Å². The average Bonchev–Trinajstić information content (AvgIpc) is 3.57. The molecule has 1 aromatic carbocycles. The first-order valence-electron chi connectivity index (χ1n) is 11.1. The van der Waals surface area contributed by atoms with Gasteiger partial charge in [0, 0.05) is 6.54 Å². The second-order valence-electron chi connectivity index (χ2n) is 8.16. The van der Waals surface area contributed by atoms with Crippen molar-refractivity contribution in [2.24, 2.45) is 0 Å². The van der Waals surface area contributed by atoms with Crippen molar-refractivity contribution in [3.63, 3.8) is 0 Å². The second kappa shape index (κ2) is 9.48. The molecule has 1 fully saturated rings. The van der Waals surface area contributed by atoms with Gasteiger partial charge in [-0.15, -0.1) is 5.10 Å². The minimum absolute atomic E-state index is 0.0896. The van der Waals surface area contributed by atoms with Gasteiger partial charge in [-0.25, -0.2) is 9.07 Å². The highest BCUT2D eigenvalue weighted by molar-refractivity contribution is 5.98. The molecular formula is C23H23FN8O2. The maximum atomic E-state index is 13.7. The van der Waals surface area contributed by atoms with Gasteiger partial charge in [0.2, 0.25) is 0 Å². The number of halogens is 1. The van der Waals surface area contributed by atoms with E-state index in [9.17, 15) is 14.3 Å². The summed E-state index contributed by atoms with van der Waals surface area (Å²) in [5.74, 6) is -0.560. The van der Waals surface area contributed by atoms with Crippen LogP contribution in [0.15, 0.2) is 55.1 Å². The molecule has 11 heteroatoms. The van der Waals surface area contributed by atoms with E-state index in [1.165, 1.54) is 10.9 Å². The Balaban J connectivity index is 1.40. The van der Waals surface area contributed by atoms with Gasteiger partial charge in [0.1, 0.15) is 11.5 Å². The molecule has 1 atom stereocenters. The van der Waals surface area contributed by atoms with Gasteiger partial charge in [-0.3, -0.25) is 9.78 Å². The monoisotopic (exact) mass is 462 g/mol. The number of carbonyl (C=O) groups is 1. The first-order valence-corrected chi connectivity index (χ1v) is 11.1. The van der Waals surface area contributed by atoms with Gasteiger partial charge >= 0.3 is 0 Å². The summed E-state index contributed by atoms with van der Waals surface area (Å²) in [6, 6.07) is 7.99. The SMILES string of the molecule is O=C(c1cc(CO)ccc1-n1nccn1)N1CCCC[C@H]1Cn1cc(-c2ccc(F)cn2)nn1. The number of hydrogen-bond acceptors (Lipinski definition) is 7. The highest BCUT2D eigenvalue weighted by Crippen LogP contribution is 2.25. The van der Waals surface area contributed by atoms with Crippen molar-refractivity contribution in [1.29, 1.82) is 0 Å². The topological polar surface area (TPSA) is 115 Å². The molecule has 0 aliphatic carbocycles. The first-order chi connectivity index (χ1) is 16.6. The number of likely N-dealkylation sites (tertiary alicyclic amines) is 1. The Labute approximate surface area is 194 Å². The first kappa shape index (κ1) is 21.8. The van der Waals surface area contributed by atoms with Crippen LogP contribution in [-0.4, -0.2) is 63.5 Å². The van der Waals surface area contributed by atoms with Gasteiger partial charge in [-0.05, 0) is 49.1 Å². The highest BCUT2D eigenvalue weighted by atomic mass is 19.1. The van der Waals surface area contributed by atoms with Crippen molar-refractivity contribution in [3.05, 3.63) is 72.1 Å². The van der Waals surface area contributed by atoms with Crippen LogP contribution in [0.5, 0.6) is 0 Å². The van der Waals surface area contributed by atoms with E-state index in [-0.39, 0.29) is 18.6 Å². The number of aliphatic hydroxyl groups is 1. The van der Waals surface area contributed by atoms with Crippen molar-refractivity contribution in [2.75, 3.05) is 6.54 Å². The van der Waals surface area contributed by atoms with Crippen LogP contribution in [0.4, 0.5) is 4.39 Å². The van der Waals surface area contributed by atoms with E-state index in [1.807, 2.05) is 4.90 Å². The molecule has 5 rings (SSSR count). The summed E-state index contributed by atoms with van der Waals surface area (Å²) in [5, 5.41) is 26.3. The molecule has 174 valence electrons. The standard InChI is InChI=1S/C23H23FN8O2/c24-17-5-6-20(25-12-17)21-14-30(29-28-21)13-18-3-1-2-10-31(18)23(34)19-11-16(15-33)4-7-22(19)32-26-8-9-27-32/h4-9,11-12,14,18,33H,1-3,10,13,15H2/t18-/m0/s1. The molecule has 1 saturated heterocycles. The maximum absolute atomic E-state index is 13.7. The van der Waals surface area contributed by atoms with E-state index in [0.717, 1.165) is 25.5 Å². The molecule has 1 aliphatic heterocycles. The van der Waals surface area contributed by atoms with Crippen molar-refractivity contribution in [1.82, 2.24) is 39.9 Å². The number of benzene rings is 1. The molecule has 1 aliphatic rings. The Bertz CT molecular complexity index is 1270. The van der Waals surface area contributed by atoms with Crippen LogP contribution in [0.1, 0.15) is 35.2 Å². The van der Waals surface area contributed by atoms with Gasteiger partial charge in [0.05, 0.1) is 60.9 Å². The minimum Gasteiger partial charge on any atom is -0.392 e. The molecule has 0 bridgehead atoms. The zero-order valence-electron chi connectivity index (χ0n) is 18.3. The highest BCUT2D eigenvalue weighted by Gasteiger charge is 2.30. The molecule has 1 amide bonds. The van der Waals surface area contributed by atoms with Crippen LogP contribution in [0, 0.1) is 5.82 Å². The summed E-state index contributed by atoms with van der Waals surface area (Å²) in [6.45, 7) is 0.907. The van der Waals surface area contributed by atoms with Crippen molar-refractivity contribution in [2.45, 2.75) is 38.5 Å². The van der Waals surface area contributed by atoms with Crippen LogP contribution in [0.2, 0.25) is 0 Å². The minimum atomic E-state index is -0.414. The van der Waals surface area contributed by atoms with Crippen LogP contribution >= 0.6 is 0 Å². The number of carbonyl (C=O) groups excluding carboxylic acids is 1. The lowest BCUT2D eigenvalue weighted by atomic mass is 9.99. The lowest BCUT2D eigenvalue weighted by molar-refractivity contribution is 0.0582. The smallest absolute Gasteiger partial charge is 0.256 e. The Hall–Kier alpha value is -3.99. The molecule has 0 spiro atoms. The number of aromatic nitrogens is 7. The predicted octanol–water partition coefficient (Wildman–Crippen LogP) is 2.25. The Morgan fingerprint density at radius 3 is 2.74 bits per heavy atom. The van der Waals surface area contributed by atoms with E-state index in [4.69, 9.17) is 0 Å². The Morgan fingerprint density at radius 1 is 1.12 bits per heavy atom. The maximum Gasteiger partial charge on any atom is 0.256 e. The quantitative estimate of drug-likeness (QED) is 0.467. The molecule has 3 aromatic heterocycles. The van der Waals surface area contributed by atoms with E-state index >= 15 is 0 Å². The van der Waals surface area contributed by atoms with Crippen LogP contribution < -0.4 is 0 Å². The lowest BCUT2D eigenvalue weighted by Crippen LogP contribution is -2.46. The van der Waals surface area contributed by atoms with Gasteiger partial charge in [0.25, 0.3) is 5.91 Å². The summed E-state index contributed by atoms with van der Waals surface area (Å²) in [6.07, 6.45) is 8.72. The molecule has 1 N–H and O–H groups in total. The fourth-order valence-electron chi connectivity index (χ4n) is 4.23. The van der Waals surface area contributed by atoms with E-state index in [2.05, 4.69) is 25.5 Å². The van der Waals surface area contributed by atoms with E-state index < -0.39 is 5.82 Å². The largest absolute Gasteiger partial charge is 0.392 e. The Morgan fingerprint density at radius 2 is 1.97 bits per heavy atom. The molecule has 0 unspecified atom stereocenters. The summed E-state index contributed by atoms with van der Waals surface area (Å²) in [4.78, 5) is 21.0. The number of pyridine rings is 1. The number of amides is 1. The van der Waals surface area contributed by atoms with E-state index in [0.29, 0.717) is 41.3 Å². The summed E-state index contributed by atoms with van der Waals surface area (Å²) in [7, 11) is 0. The van der Waals surface area contributed by atoms with Gasteiger partial charge in [-0.2, -0.15) is 15.0 Å². The summed E-state index contributed by atoms with van der Waals surface area (Å²) >= 11 is 0. The van der Waals surface area contributed by atoms with Gasteiger partial charge in [0.15, 0.2) is 0 Å². The summed E-state index contributed by atoms with van der Waals surface area (Å²) < 4.78 is 14.9. The number of aliphatic hydroxyl groups excluding tert-OH is 1. The molecule has 0 saturated carbocycles. The number of piperidine rings is 1. The molecular weight excluding hydrogens is 439 g/mol. The van der Waals surface area contributed by atoms with E-state index in [1.54, 1.807) is 47.5 Å². The molecule has 4 heterocycles. The fourth-order valence-corrected chi connectivity index (χ4v) is 4.23. The zero-order chi connectivity index (χ0) is 23.5. The number of hydrogen-bond donors (Lipinski definition) is 1. The molecule has 0 radical (unpaired) electrons. The number of rotatable bonds is 6. The van der Waals surface area contributed by atoms with Crippen LogP contribution in [-0.2, 0) is 13.2 Å².